The molecular formula is C12H12ClN3O3S. The van der Waals surface area contributed by atoms with Crippen molar-refractivity contribution in [1.82, 2.24) is 15.6 Å². The molecule has 2 N–H and O–H groups in total. The van der Waals surface area contributed by atoms with E-state index in [9.17, 15) is 9.59 Å². The molecule has 0 bridgehead atoms. The van der Waals surface area contributed by atoms with Crippen LogP contribution >= 0.6 is 23.4 Å². The first-order valence-corrected chi connectivity index (χ1v) is 7.00. The second-order valence-corrected chi connectivity index (χ2v) is 5.65. The molecule has 1 heterocycles. The van der Waals surface area contributed by atoms with Crippen LogP contribution in [0.1, 0.15) is 6.92 Å². The first-order chi connectivity index (χ1) is 9.49. The molecule has 0 spiro atoms. The van der Waals surface area contributed by atoms with E-state index in [1.165, 1.54) is 7.05 Å². The predicted molar refractivity (Wildman–Crippen MR) is 76.9 cm³/mol. The lowest BCUT2D eigenvalue weighted by Crippen LogP contribution is -2.41. The van der Waals surface area contributed by atoms with Crippen LogP contribution in [-0.4, -0.2) is 29.2 Å². The minimum atomic E-state index is -0.549. The summed E-state index contributed by atoms with van der Waals surface area (Å²) in [6.45, 7) is 1.66. The van der Waals surface area contributed by atoms with E-state index in [4.69, 9.17) is 16.0 Å². The zero-order chi connectivity index (χ0) is 14.7. The average Bonchev–Trinajstić information content (AvgIpc) is 2.79. The molecule has 2 aromatic rings. The van der Waals surface area contributed by atoms with Crippen LogP contribution in [0, 0.1) is 0 Å². The number of fused-ring (bicyclic) bond motifs is 1. The van der Waals surface area contributed by atoms with E-state index < -0.39 is 17.2 Å². The Hall–Kier alpha value is -1.73. The topological polar surface area (TPSA) is 84.2 Å². The van der Waals surface area contributed by atoms with Gasteiger partial charge in [0.2, 0.25) is 5.91 Å². The van der Waals surface area contributed by atoms with Crippen LogP contribution in [-0.2, 0) is 4.79 Å². The van der Waals surface area contributed by atoms with Crippen molar-refractivity contribution in [3.8, 4) is 0 Å². The summed E-state index contributed by atoms with van der Waals surface area (Å²) in [5, 5.41) is 4.88. The molecule has 0 saturated heterocycles. The van der Waals surface area contributed by atoms with E-state index in [1.807, 2.05) is 0 Å². The number of amides is 3. The van der Waals surface area contributed by atoms with Gasteiger partial charge >= 0.3 is 6.03 Å². The summed E-state index contributed by atoms with van der Waals surface area (Å²) in [6.07, 6.45) is 0. The van der Waals surface area contributed by atoms with Gasteiger partial charge in [-0.15, -0.1) is 0 Å². The largest absolute Gasteiger partial charge is 0.431 e. The molecular weight excluding hydrogens is 302 g/mol. The fraction of sp³-hybridized carbons (Fsp3) is 0.250. The highest BCUT2D eigenvalue weighted by Crippen LogP contribution is 2.28. The van der Waals surface area contributed by atoms with Crippen LogP contribution in [0.5, 0.6) is 0 Å². The van der Waals surface area contributed by atoms with Crippen molar-refractivity contribution in [1.29, 1.82) is 0 Å². The molecule has 0 aliphatic heterocycles. The van der Waals surface area contributed by atoms with Crippen molar-refractivity contribution < 1.29 is 14.0 Å². The van der Waals surface area contributed by atoms with Crippen LogP contribution < -0.4 is 10.6 Å². The smallest absolute Gasteiger partial charge is 0.321 e. The number of nitrogens with zero attached hydrogens (tertiary/aromatic N) is 1. The van der Waals surface area contributed by atoms with Crippen molar-refractivity contribution in [2.75, 3.05) is 7.05 Å². The third-order valence-electron chi connectivity index (χ3n) is 2.44. The van der Waals surface area contributed by atoms with Gasteiger partial charge in [0.15, 0.2) is 5.58 Å². The molecule has 0 aliphatic carbocycles. The number of halogens is 1. The van der Waals surface area contributed by atoms with Crippen molar-refractivity contribution in [3.05, 3.63) is 23.2 Å². The second kappa shape index (κ2) is 6.15. The highest BCUT2D eigenvalue weighted by atomic mass is 35.5. The molecule has 0 unspecified atom stereocenters. The summed E-state index contributed by atoms with van der Waals surface area (Å²) in [4.78, 5) is 27.0. The number of aromatic nitrogens is 1. The van der Waals surface area contributed by atoms with Crippen LogP contribution in [0.15, 0.2) is 27.8 Å². The van der Waals surface area contributed by atoms with E-state index in [-0.39, 0.29) is 0 Å². The SMILES string of the molecule is CNC(=O)NC(=O)[C@H](C)Sc1nc2ccc(Cl)cc2o1. The highest BCUT2D eigenvalue weighted by Gasteiger charge is 2.19. The minimum absolute atomic E-state index is 0.349. The van der Waals surface area contributed by atoms with Gasteiger partial charge in [-0.1, -0.05) is 23.4 Å². The van der Waals surface area contributed by atoms with E-state index in [1.54, 1.807) is 25.1 Å². The molecule has 1 aromatic heterocycles. The van der Waals surface area contributed by atoms with Crippen LogP contribution in [0.25, 0.3) is 11.1 Å². The number of imide groups is 1. The monoisotopic (exact) mass is 313 g/mol. The first-order valence-electron chi connectivity index (χ1n) is 5.75. The summed E-state index contributed by atoms with van der Waals surface area (Å²) >= 11 is 6.98. The van der Waals surface area contributed by atoms with Crippen LogP contribution in [0.4, 0.5) is 4.79 Å². The number of hydrogen-bond acceptors (Lipinski definition) is 5. The Morgan fingerprint density at radius 3 is 2.90 bits per heavy atom. The van der Waals surface area contributed by atoms with Gasteiger partial charge in [-0.25, -0.2) is 9.78 Å². The van der Waals surface area contributed by atoms with Gasteiger partial charge in [0.05, 0.1) is 5.25 Å². The third kappa shape index (κ3) is 3.43. The molecule has 0 fully saturated rings. The third-order valence-corrected chi connectivity index (χ3v) is 3.62. The normalized spacial score (nSPS) is 12.2. The lowest BCUT2D eigenvalue weighted by Gasteiger charge is -2.08. The second-order valence-electron chi connectivity index (χ2n) is 3.92. The van der Waals surface area contributed by atoms with Gasteiger partial charge in [0.1, 0.15) is 5.52 Å². The average molecular weight is 314 g/mol. The molecule has 8 heteroatoms. The molecule has 3 amide bonds. The molecule has 6 nitrogen and oxygen atoms in total. The zero-order valence-corrected chi connectivity index (χ0v) is 12.3. The van der Waals surface area contributed by atoms with Gasteiger partial charge < -0.3 is 9.73 Å². The number of carbonyl (C=O) groups is 2. The Morgan fingerprint density at radius 1 is 1.45 bits per heavy atom. The molecule has 20 heavy (non-hydrogen) atoms. The molecule has 1 atom stereocenters. The molecule has 0 saturated carbocycles. The predicted octanol–water partition coefficient (Wildman–Crippen LogP) is 2.42. The minimum Gasteiger partial charge on any atom is -0.431 e. The summed E-state index contributed by atoms with van der Waals surface area (Å²) in [5.41, 5.74) is 1.22. The fourth-order valence-corrected chi connectivity index (χ4v) is 2.33. The maximum atomic E-state index is 11.7. The van der Waals surface area contributed by atoms with E-state index >= 15 is 0 Å². The lowest BCUT2D eigenvalue weighted by molar-refractivity contribution is -0.119. The molecule has 106 valence electrons. The van der Waals surface area contributed by atoms with Crippen LogP contribution in [0.3, 0.4) is 0 Å². The Bertz CT molecular complexity index is 658. The Balaban J connectivity index is 2.07. The molecule has 2 rings (SSSR count). The standard InChI is InChI=1S/C12H12ClN3O3S/c1-6(10(17)16-11(18)14-2)20-12-15-8-4-3-7(13)5-9(8)19-12/h3-6H,1-2H3,(H2,14,16,17,18)/t6-/m0/s1. The van der Waals surface area contributed by atoms with Gasteiger partial charge in [-0.3, -0.25) is 10.1 Å². The summed E-state index contributed by atoms with van der Waals surface area (Å²) in [7, 11) is 1.44. The molecule has 0 aliphatic rings. The van der Waals surface area contributed by atoms with E-state index in [2.05, 4.69) is 15.6 Å². The van der Waals surface area contributed by atoms with Crippen molar-refractivity contribution in [2.24, 2.45) is 0 Å². The number of nitrogens with one attached hydrogen (secondary N) is 2. The number of carbonyl (C=O) groups excluding carboxylic acids is 2. The number of thioether (sulfide) groups is 1. The lowest BCUT2D eigenvalue weighted by atomic mass is 10.3. The molecule has 1 aromatic carbocycles. The maximum Gasteiger partial charge on any atom is 0.321 e. The number of urea groups is 1. The number of rotatable bonds is 3. The fourth-order valence-electron chi connectivity index (χ4n) is 1.41. The summed E-state index contributed by atoms with van der Waals surface area (Å²) < 4.78 is 5.49. The summed E-state index contributed by atoms with van der Waals surface area (Å²) in [5.74, 6) is -0.422. The quantitative estimate of drug-likeness (QED) is 0.850. The zero-order valence-electron chi connectivity index (χ0n) is 10.8. The highest BCUT2D eigenvalue weighted by molar-refractivity contribution is 8.00. The number of benzene rings is 1. The van der Waals surface area contributed by atoms with Crippen molar-refractivity contribution in [3.63, 3.8) is 0 Å². The number of hydrogen-bond donors (Lipinski definition) is 2. The Kier molecular flexibility index (Phi) is 4.51. The van der Waals surface area contributed by atoms with Gasteiger partial charge in [0.25, 0.3) is 5.22 Å². The van der Waals surface area contributed by atoms with Gasteiger partial charge in [0, 0.05) is 18.1 Å². The summed E-state index contributed by atoms with van der Waals surface area (Å²) in [6, 6.07) is 4.55. The van der Waals surface area contributed by atoms with Crippen LogP contribution in [0.2, 0.25) is 5.02 Å². The number of oxazole rings is 1. The molecule has 0 radical (unpaired) electrons. The van der Waals surface area contributed by atoms with E-state index in [0.717, 1.165) is 11.8 Å². The maximum absolute atomic E-state index is 11.7. The van der Waals surface area contributed by atoms with Gasteiger partial charge in [-0.05, 0) is 19.1 Å². The van der Waals surface area contributed by atoms with Crippen molar-refractivity contribution >= 4 is 46.4 Å². The van der Waals surface area contributed by atoms with Gasteiger partial charge in [-0.2, -0.15) is 0 Å². The first kappa shape index (κ1) is 14.7. The Labute approximate surface area is 124 Å². The van der Waals surface area contributed by atoms with Crippen molar-refractivity contribution in [2.45, 2.75) is 17.4 Å². The van der Waals surface area contributed by atoms with E-state index in [0.29, 0.717) is 21.3 Å². The Morgan fingerprint density at radius 2 is 2.20 bits per heavy atom.